The molecule has 1 unspecified atom stereocenters. The van der Waals surface area contributed by atoms with Crippen molar-refractivity contribution in [2.75, 3.05) is 19.5 Å². The van der Waals surface area contributed by atoms with Gasteiger partial charge in [-0.3, -0.25) is 4.79 Å². The zero-order valence-electron chi connectivity index (χ0n) is 17.2. The van der Waals surface area contributed by atoms with Crippen molar-refractivity contribution >= 4 is 23.3 Å². The third-order valence-electron chi connectivity index (χ3n) is 5.66. The molecule has 2 aromatic carbocycles. The lowest BCUT2D eigenvalue weighted by Crippen LogP contribution is -2.31. The number of rotatable bonds is 4. The summed E-state index contributed by atoms with van der Waals surface area (Å²) in [4.78, 5) is 17.7. The molecule has 1 atom stereocenters. The number of carbonyl (C=O) groups excluding carboxylic acids is 1. The van der Waals surface area contributed by atoms with Crippen molar-refractivity contribution in [3.8, 4) is 22.9 Å². The Kier molecular flexibility index (Phi) is 4.90. The molecule has 7 nitrogen and oxygen atoms in total. The summed E-state index contributed by atoms with van der Waals surface area (Å²) >= 11 is 6.11. The van der Waals surface area contributed by atoms with Gasteiger partial charge in [-0.2, -0.15) is 4.98 Å². The van der Waals surface area contributed by atoms with E-state index in [4.69, 9.17) is 31.2 Å². The number of fused-ring (bicyclic) bond motifs is 1. The van der Waals surface area contributed by atoms with E-state index < -0.39 is 0 Å². The molecule has 0 amide bonds. The molecule has 0 spiro atoms. The fourth-order valence-corrected chi connectivity index (χ4v) is 4.29. The number of halogens is 1. The van der Waals surface area contributed by atoms with Crippen molar-refractivity contribution in [1.82, 2.24) is 14.8 Å². The van der Waals surface area contributed by atoms with Crippen LogP contribution in [-0.4, -0.2) is 34.8 Å². The molecule has 0 fully saturated rings. The van der Waals surface area contributed by atoms with E-state index >= 15 is 0 Å². The largest absolute Gasteiger partial charge is 0.497 e. The second-order valence-corrected chi connectivity index (χ2v) is 7.99. The summed E-state index contributed by atoms with van der Waals surface area (Å²) in [5, 5.41) is 8.78. The van der Waals surface area contributed by atoms with Gasteiger partial charge in [-0.25, -0.2) is 4.68 Å². The summed E-state index contributed by atoms with van der Waals surface area (Å²) in [6.07, 6.45) is 2.17. The maximum Gasteiger partial charge on any atom is 0.226 e. The van der Waals surface area contributed by atoms with Crippen LogP contribution in [-0.2, 0) is 4.79 Å². The first-order chi connectivity index (χ1) is 15.1. The number of ether oxygens (including phenoxy) is 2. The summed E-state index contributed by atoms with van der Waals surface area (Å²) in [7, 11) is 3.21. The normalized spacial score (nSPS) is 17.6. The number of nitrogens with one attached hydrogen (secondary N) is 1. The molecule has 8 heteroatoms. The quantitative estimate of drug-likeness (QED) is 0.642. The molecule has 2 aliphatic rings. The van der Waals surface area contributed by atoms with Gasteiger partial charge in [-0.15, -0.1) is 5.10 Å². The van der Waals surface area contributed by atoms with Crippen LogP contribution in [0.3, 0.4) is 0 Å². The molecule has 0 saturated carbocycles. The van der Waals surface area contributed by atoms with E-state index in [9.17, 15) is 4.79 Å². The van der Waals surface area contributed by atoms with Crippen molar-refractivity contribution < 1.29 is 14.3 Å². The van der Waals surface area contributed by atoms with Crippen molar-refractivity contribution in [2.45, 2.75) is 25.3 Å². The molecule has 1 aromatic heterocycles. The Hall–Kier alpha value is -3.32. The molecule has 1 aliphatic carbocycles. The predicted octanol–water partition coefficient (Wildman–Crippen LogP) is 4.64. The number of Topliss-reactive ketones (excluding diaryl/α,β-unsaturated/α-hetero) is 1. The van der Waals surface area contributed by atoms with Gasteiger partial charge in [0.2, 0.25) is 5.95 Å². The van der Waals surface area contributed by atoms with Crippen LogP contribution in [0.4, 0.5) is 5.95 Å². The second-order valence-electron chi connectivity index (χ2n) is 7.55. The molecule has 1 N–H and O–H groups in total. The van der Waals surface area contributed by atoms with Gasteiger partial charge >= 0.3 is 0 Å². The Labute approximate surface area is 184 Å². The smallest absolute Gasteiger partial charge is 0.226 e. The standard InChI is InChI=1S/C23H21ClN4O3/c1-30-16-10-14(11-17(12-16)31-2)22-26-23-25-18-4-3-5-19(29)20(18)21(28(23)27-22)13-6-8-15(24)9-7-13/h6-12,21H,3-5H2,1-2H3,(H,25,26,27). The summed E-state index contributed by atoms with van der Waals surface area (Å²) in [6, 6.07) is 12.7. The highest BCUT2D eigenvalue weighted by atomic mass is 35.5. The minimum absolute atomic E-state index is 0.138. The Balaban J connectivity index is 1.66. The van der Waals surface area contributed by atoms with Gasteiger partial charge in [-0.1, -0.05) is 23.7 Å². The van der Waals surface area contributed by atoms with Gasteiger partial charge in [0.1, 0.15) is 17.5 Å². The van der Waals surface area contributed by atoms with Gasteiger partial charge in [0, 0.05) is 34.3 Å². The highest BCUT2D eigenvalue weighted by molar-refractivity contribution is 6.30. The van der Waals surface area contributed by atoms with Crippen molar-refractivity contribution in [2.24, 2.45) is 0 Å². The van der Waals surface area contributed by atoms with Crippen LogP contribution in [0.25, 0.3) is 11.4 Å². The molecule has 5 rings (SSSR count). The van der Waals surface area contributed by atoms with Crippen LogP contribution >= 0.6 is 11.6 Å². The lowest BCUT2D eigenvalue weighted by Gasteiger charge is -2.32. The van der Waals surface area contributed by atoms with Crippen LogP contribution in [0.2, 0.25) is 5.02 Å². The van der Waals surface area contributed by atoms with Crippen molar-refractivity contribution in [3.05, 3.63) is 64.3 Å². The summed E-state index contributed by atoms with van der Waals surface area (Å²) < 4.78 is 12.6. The Morgan fingerprint density at radius 2 is 1.77 bits per heavy atom. The number of benzene rings is 2. The van der Waals surface area contributed by atoms with E-state index in [2.05, 4.69) is 5.32 Å². The number of aromatic nitrogens is 3. The SMILES string of the molecule is COc1cc(OC)cc(-c2nc3n(n2)C(c2ccc(Cl)cc2)C2=C(CCCC2=O)N3)c1. The maximum absolute atomic E-state index is 12.9. The molecule has 0 saturated heterocycles. The molecular weight excluding hydrogens is 416 g/mol. The highest BCUT2D eigenvalue weighted by Crippen LogP contribution is 2.41. The lowest BCUT2D eigenvalue weighted by atomic mass is 9.85. The third kappa shape index (κ3) is 3.45. The average Bonchev–Trinajstić information content (AvgIpc) is 3.22. The van der Waals surface area contributed by atoms with Gasteiger partial charge in [0.05, 0.1) is 14.2 Å². The topological polar surface area (TPSA) is 78.3 Å². The van der Waals surface area contributed by atoms with E-state index in [1.807, 2.05) is 36.4 Å². The summed E-state index contributed by atoms with van der Waals surface area (Å²) in [6.45, 7) is 0. The third-order valence-corrected chi connectivity index (χ3v) is 5.92. The van der Waals surface area contributed by atoms with Crippen LogP contribution in [0, 0.1) is 0 Å². The number of methoxy groups -OCH3 is 2. The van der Waals surface area contributed by atoms with Crippen LogP contribution in [0.1, 0.15) is 30.9 Å². The van der Waals surface area contributed by atoms with Crippen molar-refractivity contribution in [3.63, 3.8) is 0 Å². The Morgan fingerprint density at radius 1 is 1.06 bits per heavy atom. The minimum Gasteiger partial charge on any atom is -0.497 e. The van der Waals surface area contributed by atoms with Gasteiger partial charge in [0.25, 0.3) is 0 Å². The predicted molar refractivity (Wildman–Crippen MR) is 118 cm³/mol. The number of carbonyl (C=O) groups is 1. The number of ketones is 1. The molecule has 0 bridgehead atoms. The number of hydrogen-bond acceptors (Lipinski definition) is 6. The van der Waals surface area contributed by atoms with E-state index in [-0.39, 0.29) is 11.8 Å². The lowest BCUT2D eigenvalue weighted by molar-refractivity contribution is -0.116. The molecular formula is C23H21ClN4O3. The summed E-state index contributed by atoms with van der Waals surface area (Å²) in [5.41, 5.74) is 3.38. The zero-order chi connectivity index (χ0) is 21.5. The zero-order valence-corrected chi connectivity index (χ0v) is 17.9. The first-order valence-electron chi connectivity index (χ1n) is 10.1. The molecule has 3 aromatic rings. The number of anilines is 1. The first-order valence-corrected chi connectivity index (χ1v) is 10.4. The fourth-order valence-electron chi connectivity index (χ4n) is 4.17. The highest BCUT2D eigenvalue weighted by Gasteiger charge is 2.36. The molecule has 158 valence electrons. The number of hydrogen-bond donors (Lipinski definition) is 1. The van der Waals surface area contributed by atoms with Gasteiger partial charge in [0.15, 0.2) is 11.6 Å². The first kappa shape index (κ1) is 19.6. The van der Waals surface area contributed by atoms with E-state index in [1.165, 1.54) is 0 Å². The molecule has 0 radical (unpaired) electrons. The van der Waals surface area contributed by atoms with E-state index in [1.54, 1.807) is 25.0 Å². The van der Waals surface area contributed by atoms with Crippen LogP contribution < -0.4 is 14.8 Å². The summed E-state index contributed by atoms with van der Waals surface area (Å²) in [5.74, 6) is 2.56. The molecule has 1 aliphatic heterocycles. The van der Waals surface area contributed by atoms with Crippen LogP contribution in [0.5, 0.6) is 11.5 Å². The maximum atomic E-state index is 12.9. The van der Waals surface area contributed by atoms with Crippen LogP contribution in [0.15, 0.2) is 53.7 Å². The number of nitrogens with zero attached hydrogens (tertiary/aromatic N) is 3. The number of allylic oxidation sites excluding steroid dienone is 2. The van der Waals surface area contributed by atoms with Crippen molar-refractivity contribution in [1.29, 1.82) is 0 Å². The Bertz CT molecular complexity index is 1180. The van der Waals surface area contributed by atoms with E-state index in [0.717, 1.165) is 35.2 Å². The fraction of sp³-hybridized carbons (Fsp3) is 0.261. The minimum atomic E-state index is -0.356. The van der Waals surface area contributed by atoms with Gasteiger partial charge in [-0.05, 0) is 42.7 Å². The Morgan fingerprint density at radius 3 is 2.45 bits per heavy atom. The van der Waals surface area contributed by atoms with E-state index in [0.29, 0.717) is 34.7 Å². The monoisotopic (exact) mass is 436 g/mol. The average molecular weight is 437 g/mol. The van der Waals surface area contributed by atoms with Gasteiger partial charge < -0.3 is 14.8 Å². The molecule has 2 heterocycles. The second kappa shape index (κ2) is 7.74. The molecule has 31 heavy (non-hydrogen) atoms.